The molecule has 1 amide bonds. The molecule has 0 radical (unpaired) electrons. The highest BCUT2D eigenvalue weighted by atomic mass is 19.1. The van der Waals surface area contributed by atoms with Gasteiger partial charge in [-0.1, -0.05) is 12.1 Å². The molecule has 22 heavy (non-hydrogen) atoms. The quantitative estimate of drug-likeness (QED) is 0.903. The molecule has 0 saturated carbocycles. The van der Waals surface area contributed by atoms with Gasteiger partial charge in [-0.15, -0.1) is 0 Å². The molecule has 3 rings (SSSR count). The molecule has 1 aromatic carbocycles. The highest BCUT2D eigenvalue weighted by Crippen LogP contribution is 2.23. The van der Waals surface area contributed by atoms with Gasteiger partial charge in [0.25, 0.3) is 0 Å². The van der Waals surface area contributed by atoms with Gasteiger partial charge < -0.3 is 15.0 Å². The largest absolute Gasteiger partial charge is 0.392 e. The predicted molar refractivity (Wildman–Crippen MR) is 78.4 cm³/mol. The lowest BCUT2D eigenvalue weighted by atomic mass is 10.0. The average molecular weight is 303 g/mol. The molecule has 5 nitrogen and oxygen atoms in total. The molecule has 1 aromatic heterocycles. The first-order valence-electron chi connectivity index (χ1n) is 7.36. The minimum absolute atomic E-state index is 0.0782. The summed E-state index contributed by atoms with van der Waals surface area (Å²) >= 11 is 0. The van der Waals surface area contributed by atoms with Gasteiger partial charge >= 0.3 is 0 Å². The van der Waals surface area contributed by atoms with Crippen molar-refractivity contribution in [3.05, 3.63) is 53.4 Å². The molecule has 1 aliphatic heterocycles. The Morgan fingerprint density at radius 2 is 2.36 bits per heavy atom. The lowest BCUT2D eigenvalue weighted by Crippen LogP contribution is -2.34. The predicted octanol–water partition coefficient (Wildman–Crippen LogP) is 1.71. The Bertz CT molecular complexity index is 684. The molecule has 1 atom stereocenters. The van der Waals surface area contributed by atoms with E-state index in [4.69, 9.17) is 5.11 Å². The second-order valence-corrected chi connectivity index (χ2v) is 5.46. The van der Waals surface area contributed by atoms with Gasteiger partial charge in [0.2, 0.25) is 5.91 Å². The van der Waals surface area contributed by atoms with Gasteiger partial charge in [0.15, 0.2) is 0 Å². The summed E-state index contributed by atoms with van der Waals surface area (Å²) in [5.41, 5.74) is 0.926. The van der Waals surface area contributed by atoms with Crippen LogP contribution in [0.25, 0.3) is 0 Å². The van der Waals surface area contributed by atoms with Crippen molar-refractivity contribution < 1.29 is 14.3 Å². The summed E-state index contributed by atoms with van der Waals surface area (Å²) in [6.07, 6.45) is 6.16. The molecule has 2 heterocycles. The normalized spacial score (nSPS) is 17.1. The summed E-state index contributed by atoms with van der Waals surface area (Å²) in [6, 6.07) is 4.34. The number of carbonyl (C=O) groups excluding carboxylic acids is 1. The van der Waals surface area contributed by atoms with Crippen LogP contribution in [0.5, 0.6) is 0 Å². The number of aliphatic hydroxyl groups is 1. The van der Waals surface area contributed by atoms with E-state index in [9.17, 15) is 9.18 Å². The highest BCUT2D eigenvalue weighted by Gasteiger charge is 2.25. The van der Waals surface area contributed by atoms with Gasteiger partial charge in [-0.05, 0) is 24.5 Å². The number of carbonyl (C=O) groups is 1. The molecule has 0 aliphatic carbocycles. The summed E-state index contributed by atoms with van der Waals surface area (Å²) in [4.78, 5) is 16.6. The number of amides is 1. The first kappa shape index (κ1) is 14.7. The van der Waals surface area contributed by atoms with Gasteiger partial charge in [-0.2, -0.15) is 0 Å². The molecule has 0 bridgehead atoms. The first-order valence-corrected chi connectivity index (χ1v) is 7.36. The summed E-state index contributed by atoms with van der Waals surface area (Å²) in [5, 5.41) is 11.8. The van der Waals surface area contributed by atoms with Crippen molar-refractivity contribution in [3.63, 3.8) is 0 Å². The minimum atomic E-state index is -0.455. The molecule has 0 saturated heterocycles. The summed E-state index contributed by atoms with van der Waals surface area (Å²) < 4.78 is 15.5. The summed E-state index contributed by atoms with van der Waals surface area (Å²) in [6.45, 7) is -0.0635. The summed E-state index contributed by atoms with van der Waals surface area (Å²) in [7, 11) is 0. The second kappa shape index (κ2) is 6.27. The topological polar surface area (TPSA) is 67.2 Å². The standard InChI is InChI=1S/C16H18FN3O2/c17-13-8-11(4-5-12(13)10-21)9-19-16(22)14-2-1-3-15-18-6-7-20(14)15/h4-8,14,21H,1-3,9-10H2,(H,19,22). The number of halogens is 1. The number of hydrogen-bond donors (Lipinski definition) is 2. The number of fused-ring (bicyclic) bond motifs is 1. The summed E-state index contributed by atoms with van der Waals surface area (Å²) in [5.74, 6) is 0.402. The number of nitrogens with one attached hydrogen (secondary N) is 1. The van der Waals surface area contributed by atoms with Crippen LogP contribution < -0.4 is 5.32 Å². The Morgan fingerprint density at radius 3 is 3.14 bits per heavy atom. The van der Waals surface area contributed by atoms with Crippen molar-refractivity contribution in [1.82, 2.24) is 14.9 Å². The SMILES string of the molecule is O=C(NCc1ccc(CO)c(F)c1)C1CCCc2nccn21. The number of imidazole rings is 1. The van der Waals surface area contributed by atoms with Crippen molar-refractivity contribution in [2.75, 3.05) is 0 Å². The zero-order chi connectivity index (χ0) is 15.5. The van der Waals surface area contributed by atoms with E-state index in [1.54, 1.807) is 12.3 Å². The second-order valence-electron chi connectivity index (χ2n) is 5.46. The smallest absolute Gasteiger partial charge is 0.243 e. The molecular weight excluding hydrogens is 285 g/mol. The van der Waals surface area contributed by atoms with Crippen LogP contribution in [0.4, 0.5) is 4.39 Å². The van der Waals surface area contributed by atoms with E-state index in [1.807, 2.05) is 10.8 Å². The number of aliphatic hydroxyl groups excluding tert-OH is 1. The van der Waals surface area contributed by atoms with E-state index >= 15 is 0 Å². The van der Waals surface area contributed by atoms with Crippen LogP contribution in [-0.4, -0.2) is 20.6 Å². The lowest BCUT2D eigenvalue weighted by Gasteiger charge is -2.24. The fourth-order valence-electron chi connectivity index (χ4n) is 2.81. The van der Waals surface area contributed by atoms with Crippen molar-refractivity contribution in [2.45, 2.75) is 38.5 Å². The molecular formula is C16H18FN3O2. The van der Waals surface area contributed by atoms with Crippen LogP contribution in [0, 0.1) is 5.82 Å². The number of rotatable bonds is 4. The number of hydrogen-bond acceptors (Lipinski definition) is 3. The lowest BCUT2D eigenvalue weighted by molar-refractivity contribution is -0.125. The Labute approximate surface area is 127 Å². The van der Waals surface area contributed by atoms with Crippen molar-refractivity contribution in [1.29, 1.82) is 0 Å². The van der Waals surface area contributed by atoms with Crippen molar-refractivity contribution in [3.8, 4) is 0 Å². The fourth-order valence-corrected chi connectivity index (χ4v) is 2.81. The maximum atomic E-state index is 13.6. The Morgan fingerprint density at radius 1 is 1.50 bits per heavy atom. The molecule has 2 aromatic rings. The van der Waals surface area contributed by atoms with E-state index < -0.39 is 5.82 Å². The molecule has 6 heteroatoms. The number of benzene rings is 1. The Kier molecular flexibility index (Phi) is 4.20. The van der Waals surface area contributed by atoms with Crippen molar-refractivity contribution in [2.24, 2.45) is 0 Å². The molecule has 0 fully saturated rings. The van der Waals surface area contributed by atoms with Crippen LogP contribution in [0.3, 0.4) is 0 Å². The van der Waals surface area contributed by atoms with Crippen LogP contribution in [0.2, 0.25) is 0 Å². The molecule has 1 aliphatic rings. The number of aromatic nitrogens is 2. The minimum Gasteiger partial charge on any atom is -0.392 e. The van der Waals surface area contributed by atoms with Gasteiger partial charge in [-0.3, -0.25) is 4.79 Å². The first-order chi connectivity index (χ1) is 10.7. The fraction of sp³-hybridized carbons (Fsp3) is 0.375. The van der Waals surface area contributed by atoms with E-state index in [2.05, 4.69) is 10.3 Å². The third-order valence-electron chi connectivity index (χ3n) is 4.02. The maximum absolute atomic E-state index is 13.6. The van der Waals surface area contributed by atoms with Gasteiger partial charge in [0, 0.05) is 30.9 Å². The third kappa shape index (κ3) is 2.87. The Hall–Kier alpha value is -2.21. The van der Waals surface area contributed by atoms with Crippen LogP contribution >= 0.6 is 0 Å². The molecule has 116 valence electrons. The highest BCUT2D eigenvalue weighted by molar-refractivity contribution is 5.80. The number of nitrogens with zero attached hydrogens (tertiary/aromatic N) is 2. The van der Waals surface area contributed by atoms with E-state index in [1.165, 1.54) is 12.1 Å². The third-order valence-corrected chi connectivity index (χ3v) is 4.02. The zero-order valence-electron chi connectivity index (χ0n) is 12.1. The van der Waals surface area contributed by atoms with Crippen LogP contribution in [0.1, 0.15) is 35.8 Å². The molecule has 1 unspecified atom stereocenters. The molecule has 0 spiro atoms. The van der Waals surface area contributed by atoms with Crippen LogP contribution in [0.15, 0.2) is 30.6 Å². The van der Waals surface area contributed by atoms with E-state index in [-0.39, 0.29) is 30.7 Å². The zero-order valence-corrected chi connectivity index (χ0v) is 12.1. The van der Waals surface area contributed by atoms with Gasteiger partial charge in [-0.25, -0.2) is 9.37 Å². The molecule has 2 N–H and O–H groups in total. The van der Waals surface area contributed by atoms with E-state index in [0.717, 1.165) is 25.1 Å². The number of aryl methyl sites for hydroxylation is 1. The van der Waals surface area contributed by atoms with Crippen LogP contribution in [-0.2, 0) is 24.4 Å². The van der Waals surface area contributed by atoms with Gasteiger partial charge in [0.05, 0.1) is 6.61 Å². The maximum Gasteiger partial charge on any atom is 0.243 e. The van der Waals surface area contributed by atoms with E-state index in [0.29, 0.717) is 5.56 Å². The van der Waals surface area contributed by atoms with Crippen molar-refractivity contribution >= 4 is 5.91 Å². The van der Waals surface area contributed by atoms with Gasteiger partial charge in [0.1, 0.15) is 17.7 Å². The average Bonchev–Trinajstić information content (AvgIpc) is 3.01. The monoisotopic (exact) mass is 303 g/mol. The Balaban J connectivity index is 1.65.